The minimum Gasteiger partial charge on any atom is -0.497 e. The van der Waals surface area contributed by atoms with Gasteiger partial charge in [0.1, 0.15) is 17.1 Å². The molecule has 0 bridgehead atoms. The van der Waals surface area contributed by atoms with Crippen molar-refractivity contribution in [2.75, 3.05) is 7.11 Å². The highest BCUT2D eigenvalue weighted by molar-refractivity contribution is 5.94. The van der Waals surface area contributed by atoms with Crippen molar-refractivity contribution in [1.82, 2.24) is 14.7 Å². The maximum Gasteiger partial charge on any atom is 0.270 e. The second kappa shape index (κ2) is 6.35. The molecule has 2 heterocycles. The Hall–Kier alpha value is -2.82. The molecule has 0 aliphatic heterocycles. The van der Waals surface area contributed by atoms with Crippen LogP contribution in [0.25, 0.3) is 5.65 Å². The van der Waals surface area contributed by atoms with Crippen LogP contribution in [0.5, 0.6) is 5.75 Å². The average Bonchev–Trinajstić information content (AvgIpc) is 2.88. The first-order valence-corrected chi connectivity index (χ1v) is 7.86. The van der Waals surface area contributed by atoms with Crippen LogP contribution in [0.1, 0.15) is 32.9 Å². The Balaban J connectivity index is 1.86. The Kier molecular flexibility index (Phi) is 4.25. The van der Waals surface area contributed by atoms with E-state index in [1.54, 1.807) is 7.11 Å². The van der Waals surface area contributed by atoms with Crippen LogP contribution < -0.4 is 10.1 Å². The first-order valence-electron chi connectivity index (χ1n) is 7.86. The molecule has 1 amide bonds. The Bertz CT molecular complexity index is 912. The van der Waals surface area contributed by atoms with E-state index in [9.17, 15) is 4.79 Å². The third kappa shape index (κ3) is 2.97. The highest BCUT2D eigenvalue weighted by Crippen LogP contribution is 2.17. The molecule has 1 aromatic carbocycles. The lowest BCUT2D eigenvalue weighted by Gasteiger charge is -2.08. The molecule has 0 radical (unpaired) electrons. The third-order valence-corrected chi connectivity index (χ3v) is 4.21. The number of pyridine rings is 1. The fourth-order valence-corrected chi connectivity index (χ4v) is 2.73. The average molecular weight is 323 g/mol. The van der Waals surface area contributed by atoms with Gasteiger partial charge in [-0.15, -0.1) is 0 Å². The first-order chi connectivity index (χ1) is 11.5. The molecule has 5 heteroatoms. The number of methoxy groups -OCH3 is 1. The molecule has 124 valence electrons. The Labute approximate surface area is 141 Å². The zero-order chi connectivity index (χ0) is 17.3. The molecule has 0 aliphatic carbocycles. The summed E-state index contributed by atoms with van der Waals surface area (Å²) >= 11 is 0. The molecule has 0 fully saturated rings. The summed E-state index contributed by atoms with van der Waals surface area (Å²) in [6.45, 7) is 6.37. The van der Waals surface area contributed by atoms with Crippen LogP contribution in [0.2, 0.25) is 0 Å². The molecule has 0 atom stereocenters. The van der Waals surface area contributed by atoms with Crippen LogP contribution in [-0.4, -0.2) is 22.4 Å². The van der Waals surface area contributed by atoms with Gasteiger partial charge in [-0.1, -0.05) is 12.1 Å². The number of imidazole rings is 1. The van der Waals surface area contributed by atoms with E-state index in [1.165, 1.54) is 0 Å². The van der Waals surface area contributed by atoms with E-state index in [4.69, 9.17) is 4.74 Å². The largest absolute Gasteiger partial charge is 0.497 e. The topological polar surface area (TPSA) is 55.6 Å². The summed E-state index contributed by atoms with van der Waals surface area (Å²) in [5.74, 6) is 0.643. The van der Waals surface area contributed by atoms with Gasteiger partial charge < -0.3 is 10.1 Å². The van der Waals surface area contributed by atoms with Gasteiger partial charge in [0, 0.05) is 12.7 Å². The van der Waals surface area contributed by atoms with Gasteiger partial charge in [-0.2, -0.15) is 0 Å². The lowest BCUT2D eigenvalue weighted by atomic mass is 10.2. The maximum absolute atomic E-state index is 12.7. The number of carbonyl (C=O) groups excluding carboxylic acids is 1. The lowest BCUT2D eigenvalue weighted by Crippen LogP contribution is -2.25. The molecule has 0 spiro atoms. The van der Waals surface area contributed by atoms with E-state index in [2.05, 4.69) is 10.3 Å². The van der Waals surface area contributed by atoms with Crippen LogP contribution in [0.15, 0.2) is 36.5 Å². The summed E-state index contributed by atoms with van der Waals surface area (Å²) in [7, 11) is 1.63. The number of aryl methyl sites for hydroxylation is 3. The van der Waals surface area contributed by atoms with Gasteiger partial charge >= 0.3 is 0 Å². The molecular formula is C19H21N3O2. The Morgan fingerprint density at radius 2 is 2.00 bits per heavy atom. The van der Waals surface area contributed by atoms with Gasteiger partial charge in [-0.05, 0) is 55.7 Å². The number of aromatic nitrogens is 2. The van der Waals surface area contributed by atoms with Gasteiger partial charge in [0.05, 0.1) is 12.8 Å². The monoisotopic (exact) mass is 323 g/mol. The number of rotatable bonds is 4. The molecule has 1 N–H and O–H groups in total. The SMILES string of the molecule is COc1cccc(CNC(=O)c2c(C)nc3cc(C)c(C)cn23)c1. The zero-order valence-corrected chi connectivity index (χ0v) is 14.4. The van der Waals surface area contributed by atoms with E-state index in [-0.39, 0.29) is 5.91 Å². The van der Waals surface area contributed by atoms with Gasteiger partial charge in [-0.25, -0.2) is 4.98 Å². The highest BCUT2D eigenvalue weighted by atomic mass is 16.5. The molecule has 0 saturated heterocycles. The van der Waals surface area contributed by atoms with Crippen molar-refractivity contribution in [2.24, 2.45) is 0 Å². The first kappa shape index (κ1) is 16.1. The van der Waals surface area contributed by atoms with Crippen LogP contribution >= 0.6 is 0 Å². The number of carbonyl (C=O) groups is 1. The highest BCUT2D eigenvalue weighted by Gasteiger charge is 2.17. The number of amides is 1. The summed E-state index contributed by atoms with van der Waals surface area (Å²) in [5, 5.41) is 2.96. The lowest BCUT2D eigenvalue weighted by molar-refractivity contribution is 0.0944. The fraction of sp³-hybridized carbons (Fsp3) is 0.263. The molecule has 0 unspecified atom stereocenters. The van der Waals surface area contributed by atoms with Crippen molar-refractivity contribution in [3.8, 4) is 5.75 Å². The number of nitrogens with one attached hydrogen (secondary N) is 1. The summed E-state index contributed by atoms with van der Waals surface area (Å²) in [4.78, 5) is 17.2. The van der Waals surface area contributed by atoms with Crippen molar-refractivity contribution in [3.05, 3.63) is 64.6 Å². The van der Waals surface area contributed by atoms with Gasteiger partial charge in [0.2, 0.25) is 0 Å². The molecule has 3 rings (SSSR count). The molecule has 0 aliphatic rings. The summed E-state index contributed by atoms with van der Waals surface area (Å²) in [6.07, 6.45) is 1.96. The number of benzene rings is 1. The Morgan fingerprint density at radius 3 is 2.75 bits per heavy atom. The van der Waals surface area contributed by atoms with Crippen molar-refractivity contribution in [3.63, 3.8) is 0 Å². The molecular weight excluding hydrogens is 302 g/mol. The maximum atomic E-state index is 12.7. The van der Waals surface area contributed by atoms with Crippen molar-refractivity contribution >= 4 is 11.6 Å². The number of fused-ring (bicyclic) bond motifs is 1. The minimum absolute atomic E-state index is 0.133. The summed E-state index contributed by atoms with van der Waals surface area (Å²) in [5.41, 5.74) is 5.38. The van der Waals surface area contributed by atoms with Crippen LogP contribution in [0.4, 0.5) is 0 Å². The normalized spacial score (nSPS) is 10.8. The molecule has 2 aromatic heterocycles. The van der Waals surface area contributed by atoms with E-state index in [0.717, 1.165) is 33.8 Å². The minimum atomic E-state index is -0.133. The predicted molar refractivity (Wildman–Crippen MR) is 93.6 cm³/mol. The van der Waals surface area contributed by atoms with Gasteiger partial charge in [0.15, 0.2) is 0 Å². The smallest absolute Gasteiger partial charge is 0.270 e. The summed E-state index contributed by atoms with van der Waals surface area (Å²) < 4.78 is 7.07. The number of nitrogens with zero attached hydrogens (tertiary/aromatic N) is 2. The van der Waals surface area contributed by atoms with Crippen LogP contribution in [0.3, 0.4) is 0 Å². The third-order valence-electron chi connectivity index (χ3n) is 4.21. The van der Waals surface area contributed by atoms with Crippen molar-refractivity contribution < 1.29 is 9.53 Å². The van der Waals surface area contributed by atoms with Crippen LogP contribution in [0, 0.1) is 20.8 Å². The standard InChI is InChI=1S/C19H21N3O2/c1-12-8-17-21-14(3)18(22(17)11-13(12)2)19(23)20-10-15-6-5-7-16(9-15)24-4/h5-9,11H,10H2,1-4H3,(H,20,23). The number of ether oxygens (including phenoxy) is 1. The van der Waals surface area contributed by atoms with Crippen molar-refractivity contribution in [2.45, 2.75) is 27.3 Å². The molecule has 5 nitrogen and oxygen atoms in total. The van der Waals surface area contributed by atoms with Crippen molar-refractivity contribution in [1.29, 1.82) is 0 Å². The fourth-order valence-electron chi connectivity index (χ4n) is 2.73. The Morgan fingerprint density at radius 1 is 1.21 bits per heavy atom. The second-order valence-electron chi connectivity index (χ2n) is 5.95. The number of hydrogen-bond acceptors (Lipinski definition) is 3. The molecule has 24 heavy (non-hydrogen) atoms. The molecule has 0 saturated carbocycles. The van der Waals surface area contributed by atoms with E-state index < -0.39 is 0 Å². The van der Waals surface area contributed by atoms with Crippen LogP contribution in [-0.2, 0) is 6.54 Å². The second-order valence-corrected chi connectivity index (χ2v) is 5.95. The van der Waals surface area contributed by atoms with E-state index >= 15 is 0 Å². The summed E-state index contributed by atoms with van der Waals surface area (Å²) in [6, 6.07) is 9.66. The zero-order valence-electron chi connectivity index (χ0n) is 14.4. The van der Waals surface area contributed by atoms with E-state index in [0.29, 0.717) is 12.2 Å². The predicted octanol–water partition coefficient (Wildman–Crippen LogP) is 3.20. The quantitative estimate of drug-likeness (QED) is 0.802. The van der Waals surface area contributed by atoms with Gasteiger partial charge in [-0.3, -0.25) is 9.20 Å². The van der Waals surface area contributed by atoms with E-state index in [1.807, 2.05) is 61.7 Å². The van der Waals surface area contributed by atoms with Gasteiger partial charge in [0.25, 0.3) is 5.91 Å². The number of hydrogen-bond donors (Lipinski definition) is 1. The molecule has 3 aromatic rings.